The Kier molecular flexibility index (Phi) is 4.91. The van der Waals surface area contributed by atoms with E-state index in [-0.39, 0.29) is 17.3 Å². The molecule has 2 heterocycles. The first kappa shape index (κ1) is 19.6. The molecule has 7 heteroatoms. The first-order chi connectivity index (χ1) is 15.7. The van der Waals surface area contributed by atoms with Gasteiger partial charge in [0, 0.05) is 11.4 Å². The number of anilines is 2. The quantitative estimate of drug-likeness (QED) is 0.423. The molecule has 3 N–H and O–H groups in total. The van der Waals surface area contributed by atoms with Gasteiger partial charge in [0.2, 0.25) is 0 Å². The summed E-state index contributed by atoms with van der Waals surface area (Å²) in [7, 11) is 0. The van der Waals surface area contributed by atoms with Crippen molar-refractivity contribution < 1.29 is 9.53 Å². The molecule has 0 aliphatic heterocycles. The Bertz CT molecular complexity index is 1430. The summed E-state index contributed by atoms with van der Waals surface area (Å²) in [6.45, 7) is 2.51. The number of nitrogens with zero attached hydrogens (tertiary/aromatic N) is 3. The average Bonchev–Trinajstić information content (AvgIpc) is 3.09. The van der Waals surface area contributed by atoms with Gasteiger partial charge in [-0.3, -0.25) is 9.36 Å². The molecule has 5 aromatic rings. The van der Waals surface area contributed by atoms with E-state index in [2.05, 4.69) is 5.32 Å². The maximum Gasteiger partial charge on any atom is 0.261 e. The van der Waals surface area contributed by atoms with Crippen molar-refractivity contribution in [1.82, 2.24) is 14.5 Å². The summed E-state index contributed by atoms with van der Waals surface area (Å²) in [5.41, 5.74) is 10.7. The highest BCUT2D eigenvalue weighted by Gasteiger charge is 2.25. The third-order valence-corrected chi connectivity index (χ3v) is 5.16. The molecule has 0 spiro atoms. The lowest BCUT2D eigenvalue weighted by molar-refractivity contribution is 0.102. The number of ether oxygens (including phenoxy) is 1. The number of carbonyl (C=O) groups excluding carboxylic acids is 1. The zero-order valence-corrected chi connectivity index (χ0v) is 17.4. The molecule has 0 aliphatic carbocycles. The van der Waals surface area contributed by atoms with Crippen LogP contribution in [0, 0.1) is 0 Å². The van der Waals surface area contributed by atoms with E-state index in [1.165, 1.54) is 0 Å². The summed E-state index contributed by atoms with van der Waals surface area (Å²) in [4.78, 5) is 22.8. The van der Waals surface area contributed by atoms with Crippen molar-refractivity contribution in [3.05, 3.63) is 84.4 Å². The zero-order chi connectivity index (χ0) is 22.1. The normalized spacial score (nSPS) is 11.0. The van der Waals surface area contributed by atoms with Crippen LogP contribution < -0.4 is 15.8 Å². The van der Waals surface area contributed by atoms with Crippen LogP contribution in [-0.2, 0) is 0 Å². The number of amides is 1. The first-order valence-corrected chi connectivity index (χ1v) is 10.3. The van der Waals surface area contributed by atoms with E-state index < -0.39 is 0 Å². The number of carbonyl (C=O) groups is 1. The SMILES string of the molecule is CCOc1ccc(-n2c(N)c(C(=O)Nc3ccccc3)c3nc4ccccc4nc32)cc1. The summed E-state index contributed by atoms with van der Waals surface area (Å²) in [5.74, 6) is 0.686. The molecule has 158 valence electrons. The van der Waals surface area contributed by atoms with Gasteiger partial charge >= 0.3 is 0 Å². The second-order valence-electron chi connectivity index (χ2n) is 7.23. The molecule has 0 saturated heterocycles. The molecule has 32 heavy (non-hydrogen) atoms. The fourth-order valence-electron chi connectivity index (χ4n) is 3.72. The van der Waals surface area contributed by atoms with Crippen LogP contribution in [0.2, 0.25) is 0 Å². The minimum absolute atomic E-state index is 0.271. The summed E-state index contributed by atoms with van der Waals surface area (Å²) in [5, 5.41) is 2.91. The molecule has 0 saturated carbocycles. The van der Waals surface area contributed by atoms with Crippen molar-refractivity contribution in [2.75, 3.05) is 17.7 Å². The number of hydrogen-bond acceptors (Lipinski definition) is 5. The molecule has 3 aromatic carbocycles. The molecule has 0 fully saturated rings. The van der Waals surface area contributed by atoms with Crippen LogP contribution in [0.5, 0.6) is 5.75 Å². The number of benzene rings is 3. The predicted molar refractivity (Wildman–Crippen MR) is 126 cm³/mol. The summed E-state index contributed by atoms with van der Waals surface area (Å²) < 4.78 is 7.30. The number of rotatable bonds is 5. The Balaban J connectivity index is 1.71. The zero-order valence-electron chi connectivity index (χ0n) is 17.4. The monoisotopic (exact) mass is 423 g/mol. The third kappa shape index (κ3) is 3.39. The standard InChI is InChI=1S/C25H21N5O2/c1-2-32-18-14-12-17(13-15-18)30-23(26)21(25(31)27-16-8-4-3-5-9-16)22-24(30)29-20-11-7-6-10-19(20)28-22/h3-15H,2,26H2,1H3,(H,27,31). The van der Waals surface area contributed by atoms with E-state index in [9.17, 15) is 4.79 Å². The van der Waals surface area contributed by atoms with Gasteiger partial charge in [-0.05, 0) is 55.5 Å². The minimum Gasteiger partial charge on any atom is -0.494 e. The molecule has 0 unspecified atom stereocenters. The van der Waals surface area contributed by atoms with E-state index in [1.54, 1.807) is 4.57 Å². The van der Waals surface area contributed by atoms with Crippen LogP contribution in [0.4, 0.5) is 11.5 Å². The number of nitrogens with one attached hydrogen (secondary N) is 1. The Labute approximate surface area is 184 Å². The summed E-state index contributed by atoms with van der Waals surface area (Å²) in [6, 6.07) is 24.3. The van der Waals surface area contributed by atoms with Gasteiger partial charge in [0.1, 0.15) is 22.6 Å². The van der Waals surface area contributed by atoms with Gasteiger partial charge in [-0.1, -0.05) is 30.3 Å². The average molecular weight is 423 g/mol. The second kappa shape index (κ2) is 8.03. The number of hydrogen-bond donors (Lipinski definition) is 2. The molecule has 2 aromatic heterocycles. The van der Waals surface area contributed by atoms with Gasteiger partial charge in [0.15, 0.2) is 5.65 Å². The van der Waals surface area contributed by atoms with Crippen LogP contribution in [0.1, 0.15) is 17.3 Å². The van der Waals surface area contributed by atoms with Crippen LogP contribution >= 0.6 is 0 Å². The fourth-order valence-corrected chi connectivity index (χ4v) is 3.72. The fraction of sp³-hybridized carbons (Fsp3) is 0.0800. The molecular formula is C25H21N5O2. The molecule has 0 radical (unpaired) electrons. The molecule has 0 atom stereocenters. The Morgan fingerprint density at radius 2 is 1.59 bits per heavy atom. The molecule has 5 rings (SSSR count). The number of aromatic nitrogens is 3. The molecule has 0 bridgehead atoms. The van der Waals surface area contributed by atoms with Crippen molar-refractivity contribution >= 4 is 39.6 Å². The third-order valence-electron chi connectivity index (χ3n) is 5.16. The number of fused-ring (bicyclic) bond motifs is 2. The van der Waals surface area contributed by atoms with Gasteiger partial charge in [0.25, 0.3) is 5.91 Å². The van der Waals surface area contributed by atoms with E-state index in [1.807, 2.05) is 85.8 Å². The lowest BCUT2D eigenvalue weighted by Crippen LogP contribution is -2.14. The van der Waals surface area contributed by atoms with E-state index in [4.69, 9.17) is 20.4 Å². The van der Waals surface area contributed by atoms with E-state index >= 15 is 0 Å². The van der Waals surface area contributed by atoms with Gasteiger partial charge in [0.05, 0.1) is 17.6 Å². The summed E-state index contributed by atoms with van der Waals surface area (Å²) in [6.07, 6.45) is 0. The second-order valence-corrected chi connectivity index (χ2v) is 7.23. The topological polar surface area (TPSA) is 95.1 Å². The minimum atomic E-state index is -0.340. The molecular weight excluding hydrogens is 402 g/mol. The van der Waals surface area contributed by atoms with E-state index in [0.717, 1.165) is 17.0 Å². The number of nitrogen functional groups attached to an aromatic ring is 1. The maximum atomic E-state index is 13.3. The van der Waals surface area contributed by atoms with Crippen LogP contribution in [0.15, 0.2) is 78.9 Å². The molecule has 0 aliphatic rings. The van der Waals surface area contributed by atoms with Gasteiger partial charge < -0.3 is 15.8 Å². The van der Waals surface area contributed by atoms with E-state index in [0.29, 0.717) is 29.0 Å². The van der Waals surface area contributed by atoms with Crippen molar-refractivity contribution in [2.24, 2.45) is 0 Å². The van der Waals surface area contributed by atoms with Crippen LogP contribution in [0.3, 0.4) is 0 Å². The lowest BCUT2D eigenvalue weighted by Gasteiger charge is -2.10. The van der Waals surface area contributed by atoms with Crippen molar-refractivity contribution in [1.29, 1.82) is 0 Å². The number of nitrogens with two attached hydrogens (primary N) is 1. The molecule has 7 nitrogen and oxygen atoms in total. The first-order valence-electron chi connectivity index (χ1n) is 10.3. The Hall–Kier alpha value is -4.39. The lowest BCUT2D eigenvalue weighted by atomic mass is 10.2. The maximum absolute atomic E-state index is 13.3. The van der Waals surface area contributed by atoms with Crippen molar-refractivity contribution in [3.8, 4) is 11.4 Å². The van der Waals surface area contributed by atoms with Gasteiger partial charge in [-0.2, -0.15) is 0 Å². The van der Waals surface area contributed by atoms with Gasteiger partial charge in [-0.15, -0.1) is 0 Å². The van der Waals surface area contributed by atoms with Crippen LogP contribution in [0.25, 0.3) is 27.9 Å². The highest BCUT2D eigenvalue weighted by molar-refractivity contribution is 6.16. The van der Waals surface area contributed by atoms with Crippen LogP contribution in [-0.4, -0.2) is 27.0 Å². The number of para-hydroxylation sites is 3. The highest BCUT2D eigenvalue weighted by atomic mass is 16.5. The van der Waals surface area contributed by atoms with Gasteiger partial charge in [-0.25, -0.2) is 9.97 Å². The van der Waals surface area contributed by atoms with Crippen molar-refractivity contribution in [2.45, 2.75) is 6.92 Å². The Morgan fingerprint density at radius 3 is 2.28 bits per heavy atom. The summed E-state index contributed by atoms with van der Waals surface area (Å²) >= 11 is 0. The molecule has 1 amide bonds. The Morgan fingerprint density at radius 1 is 0.938 bits per heavy atom. The smallest absolute Gasteiger partial charge is 0.261 e. The largest absolute Gasteiger partial charge is 0.494 e. The highest BCUT2D eigenvalue weighted by Crippen LogP contribution is 2.32. The van der Waals surface area contributed by atoms with Crippen molar-refractivity contribution in [3.63, 3.8) is 0 Å². The predicted octanol–water partition coefficient (Wildman–Crippen LogP) is 4.81.